The number of nitriles is 1. The molecule has 1 N–H and O–H groups in total. The smallest absolute Gasteiger partial charge is 0.231 e. The van der Waals surface area contributed by atoms with Crippen LogP contribution in [-0.2, 0) is 0 Å². The van der Waals surface area contributed by atoms with Crippen molar-refractivity contribution in [2.24, 2.45) is 0 Å². The molecule has 2 heterocycles. The number of carbonyl (C=O) groups is 1. The summed E-state index contributed by atoms with van der Waals surface area (Å²) in [7, 11) is 0. The first kappa shape index (κ1) is 16.4. The van der Waals surface area contributed by atoms with Crippen molar-refractivity contribution in [2.75, 3.05) is 6.79 Å². The molecule has 5 nitrogen and oxygen atoms in total. The number of aryl methyl sites for hydroxylation is 1. The Bertz CT molecular complexity index is 1120. The molecule has 1 aromatic heterocycles. The summed E-state index contributed by atoms with van der Waals surface area (Å²) in [6.07, 6.45) is 1.57. The molecule has 128 valence electrons. The van der Waals surface area contributed by atoms with Crippen LogP contribution in [0.15, 0.2) is 46.4 Å². The van der Waals surface area contributed by atoms with E-state index in [1.54, 1.807) is 18.2 Å². The van der Waals surface area contributed by atoms with E-state index in [1.165, 1.54) is 0 Å². The molecule has 0 saturated carbocycles. The zero-order chi connectivity index (χ0) is 18.3. The van der Waals surface area contributed by atoms with Gasteiger partial charge in [-0.15, -0.1) is 0 Å². The number of nitrogens with one attached hydrogen (secondary N) is 1. The van der Waals surface area contributed by atoms with Gasteiger partial charge in [-0.1, -0.05) is 18.2 Å². The van der Waals surface area contributed by atoms with Crippen LogP contribution >= 0.6 is 15.9 Å². The zero-order valence-corrected chi connectivity index (χ0v) is 15.4. The van der Waals surface area contributed by atoms with Gasteiger partial charge in [-0.2, -0.15) is 5.26 Å². The number of aromatic nitrogens is 1. The second kappa shape index (κ2) is 6.36. The molecule has 0 aliphatic carbocycles. The molecule has 6 heteroatoms. The Morgan fingerprint density at radius 2 is 2.12 bits per heavy atom. The average molecular weight is 409 g/mol. The van der Waals surface area contributed by atoms with E-state index in [9.17, 15) is 10.1 Å². The first-order chi connectivity index (χ1) is 12.6. The molecule has 3 aromatic rings. The van der Waals surface area contributed by atoms with Gasteiger partial charge >= 0.3 is 0 Å². The van der Waals surface area contributed by atoms with Crippen molar-refractivity contribution in [2.45, 2.75) is 6.92 Å². The SMILES string of the molecule is Cc1[nH]c2ccccc2c1C(=O)/C(C#N)=C\c1cc(Br)c2c(c1)OCO2. The molecule has 0 unspecified atom stereocenters. The normalized spacial score (nSPS) is 13.0. The number of carbonyl (C=O) groups excluding carboxylic acids is 1. The Labute approximate surface area is 158 Å². The maximum absolute atomic E-state index is 13.0. The number of ether oxygens (including phenoxy) is 2. The fourth-order valence-corrected chi connectivity index (χ4v) is 3.66. The highest BCUT2D eigenvalue weighted by atomic mass is 79.9. The highest BCUT2D eigenvalue weighted by Crippen LogP contribution is 2.40. The third-order valence-corrected chi connectivity index (χ3v) is 4.84. The average Bonchev–Trinajstić information content (AvgIpc) is 3.22. The van der Waals surface area contributed by atoms with Crippen LogP contribution in [-0.4, -0.2) is 17.6 Å². The van der Waals surface area contributed by atoms with E-state index in [2.05, 4.69) is 20.9 Å². The summed E-state index contributed by atoms with van der Waals surface area (Å²) >= 11 is 3.42. The van der Waals surface area contributed by atoms with Gasteiger partial charge in [0.05, 0.1) is 10.0 Å². The number of fused-ring (bicyclic) bond motifs is 2. The van der Waals surface area contributed by atoms with Crippen molar-refractivity contribution in [3.63, 3.8) is 0 Å². The van der Waals surface area contributed by atoms with Crippen LogP contribution in [0.3, 0.4) is 0 Å². The quantitative estimate of drug-likeness (QED) is 0.385. The van der Waals surface area contributed by atoms with Gasteiger partial charge in [0, 0.05) is 16.6 Å². The largest absolute Gasteiger partial charge is 0.454 e. The lowest BCUT2D eigenvalue weighted by Crippen LogP contribution is -2.03. The lowest BCUT2D eigenvalue weighted by atomic mass is 9.99. The molecule has 0 atom stereocenters. The van der Waals surface area contributed by atoms with Crippen LogP contribution in [0.4, 0.5) is 0 Å². The number of halogens is 1. The summed E-state index contributed by atoms with van der Waals surface area (Å²) in [6, 6.07) is 13.1. The molecule has 1 aliphatic rings. The lowest BCUT2D eigenvalue weighted by molar-refractivity contribution is 0.104. The predicted molar refractivity (Wildman–Crippen MR) is 101 cm³/mol. The van der Waals surface area contributed by atoms with Crippen molar-refractivity contribution in [3.8, 4) is 17.6 Å². The molecule has 2 aromatic carbocycles. The highest BCUT2D eigenvalue weighted by molar-refractivity contribution is 9.10. The van der Waals surface area contributed by atoms with Gasteiger partial charge in [-0.3, -0.25) is 4.79 Å². The predicted octanol–water partition coefficient (Wildman–Crippen LogP) is 4.76. The Balaban J connectivity index is 1.79. The standard InChI is InChI=1S/C20H13BrN2O3/c1-11-18(14-4-2-3-5-16(14)23-11)19(24)13(9-22)6-12-7-15(21)20-17(8-12)25-10-26-20/h2-8,23H,10H2,1H3/b13-6-. The third-order valence-electron chi connectivity index (χ3n) is 4.25. The van der Waals surface area contributed by atoms with E-state index >= 15 is 0 Å². The molecule has 0 fully saturated rings. The van der Waals surface area contributed by atoms with E-state index in [-0.39, 0.29) is 18.1 Å². The van der Waals surface area contributed by atoms with Gasteiger partial charge in [-0.05, 0) is 52.7 Å². The van der Waals surface area contributed by atoms with Crippen LogP contribution in [0.2, 0.25) is 0 Å². The number of benzene rings is 2. The van der Waals surface area contributed by atoms with Gasteiger partial charge in [0.25, 0.3) is 0 Å². The summed E-state index contributed by atoms with van der Waals surface area (Å²) in [5, 5.41) is 10.4. The molecule has 1 aliphatic heterocycles. The number of nitrogens with zero attached hydrogens (tertiary/aromatic N) is 1. The molecule has 0 spiro atoms. The Morgan fingerprint density at radius 3 is 2.92 bits per heavy atom. The van der Waals surface area contributed by atoms with Crippen LogP contribution in [0, 0.1) is 18.3 Å². The first-order valence-corrected chi connectivity index (χ1v) is 8.70. The third kappa shape index (κ3) is 2.67. The number of para-hydroxylation sites is 1. The minimum absolute atomic E-state index is 0.0589. The molecule has 0 amide bonds. The van der Waals surface area contributed by atoms with Crippen molar-refractivity contribution in [3.05, 3.63) is 63.3 Å². The second-order valence-electron chi connectivity index (χ2n) is 5.91. The monoisotopic (exact) mass is 408 g/mol. The minimum Gasteiger partial charge on any atom is -0.454 e. The Kier molecular flexibility index (Phi) is 4.02. The summed E-state index contributed by atoms with van der Waals surface area (Å²) in [5.74, 6) is 0.898. The summed E-state index contributed by atoms with van der Waals surface area (Å²) in [6.45, 7) is 1.99. The van der Waals surface area contributed by atoms with Crippen molar-refractivity contribution < 1.29 is 14.3 Å². The van der Waals surface area contributed by atoms with E-state index in [0.29, 0.717) is 27.1 Å². The summed E-state index contributed by atoms with van der Waals surface area (Å²) < 4.78 is 11.5. The molecule has 4 rings (SSSR count). The number of ketones is 1. The van der Waals surface area contributed by atoms with Crippen molar-refractivity contribution in [1.82, 2.24) is 4.98 Å². The fraction of sp³-hybridized carbons (Fsp3) is 0.100. The van der Waals surface area contributed by atoms with E-state index in [4.69, 9.17) is 9.47 Å². The Hall–Kier alpha value is -3.04. The number of Topliss-reactive ketones (excluding diaryl/α,β-unsaturated/α-hetero) is 1. The summed E-state index contributed by atoms with van der Waals surface area (Å²) in [5.41, 5.74) is 2.88. The highest BCUT2D eigenvalue weighted by Gasteiger charge is 2.21. The minimum atomic E-state index is -0.309. The van der Waals surface area contributed by atoms with Gasteiger partial charge in [0.15, 0.2) is 11.5 Å². The number of H-pyrrole nitrogens is 1. The van der Waals surface area contributed by atoms with Crippen molar-refractivity contribution >= 4 is 38.7 Å². The topological polar surface area (TPSA) is 75.1 Å². The molecule has 26 heavy (non-hydrogen) atoms. The molecule has 0 bridgehead atoms. The first-order valence-electron chi connectivity index (χ1n) is 7.91. The van der Waals surface area contributed by atoms with Crippen LogP contribution in [0.25, 0.3) is 17.0 Å². The number of rotatable bonds is 3. The van der Waals surface area contributed by atoms with Gasteiger partial charge in [0.2, 0.25) is 12.6 Å². The maximum Gasteiger partial charge on any atom is 0.231 e. The zero-order valence-electron chi connectivity index (χ0n) is 13.8. The number of hydrogen-bond acceptors (Lipinski definition) is 4. The maximum atomic E-state index is 13.0. The number of allylic oxidation sites excluding steroid dienone is 1. The lowest BCUT2D eigenvalue weighted by Gasteiger charge is -2.03. The molecule has 0 saturated heterocycles. The van der Waals surface area contributed by atoms with Crippen LogP contribution in [0.5, 0.6) is 11.5 Å². The van der Waals surface area contributed by atoms with E-state index in [1.807, 2.05) is 37.3 Å². The van der Waals surface area contributed by atoms with Crippen LogP contribution in [0.1, 0.15) is 21.6 Å². The number of hydrogen-bond donors (Lipinski definition) is 1. The number of aromatic amines is 1. The van der Waals surface area contributed by atoms with Crippen LogP contribution < -0.4 is 9.47 Å². The van der Waals surface area contributed by atoms with Gasteiger partial charge in [-0.25, -0.2) is 0 Å². The molecule has 0 radical (unpaired) electrons. The fourth-order valence-electron chi connectivity index (χ4n) is 3.09. The van der Waals surface area contributed by atoms with Gasteiger partial charge in [0.1, 0.15) is 11.6 Å². The Morgan fingerprint density at radius 1 is 1.31 bits per heavy atom. The van der Waals surface area contributed by atoms with Gasteiger partial charge < -0.3 is 14.5 Å². The second-order valence-corrected chi connectivity index (χ2v) is 6.76. The molecular weight excluding hydrogens is 396 g/mol. The van der Waals surface area contributed by atoms with E-state index in [0.717, 1.165) is 16.6 Å². The van der Waals surface area contributed by atoms with E-state index < -0.39 is 0 Å². The summed E-state index contributed by atoms with van der Waals surface area (Å²) in [4.78, 5) is 16.2. The van der Waals surface area contributed by atoms with Crippen molar-refractivity contribution in [1.29, 1.82) is 5.26 Å². The molecular formula is C20H13BrN2O3.